The van der Waals surface area contributed by atoms with Crippen molar-refractivity contribution in [1.29, 1.82) is 0 Å². The molecule has 3 nitrogen and oxygen atoms in total. The summed E-state index contributed by atoms with van der Waals surface area (Å²) in [5, 5.41) is 0. The highest BCUT2D eigenvalue weighted by Gasteiger charge is 2.37. The van der Waals surface area contributed by atoms with Gasteiger partial charge in [0.2, 0.25) is 5.91 Å². The fourth-order valence-electron chi connectivity index (χ4n) is 2.81. The summed E-state index contributed by atoms with van der Waals surface area (Å²) in [5.74, 6) is -0.724. The number of hydrogen-bond donors (Lipinski definition) is 1. The van der Waals surface area contributed by atoms with Gasteiger partial charge in [-0.15, -0.1) is 0 Å². The molecule has 0 unspecified atom stereocenters. The molecule has 110 valence electrons. The van der Waals surface area contributed by atoms with Crippen molar-refractivity contribution in [1.82, 2.24) is 4.90 Å². The molecule has 3 atom stereocenters. The summed E-state index contributed by atoms with van der Waals surface area (Å²) in [6, 6.07) is 5.96. The molecule has 2 rings (SSSR count). The van der Waals surface area contributed by atoms with Gasteiger partial charge in [0.1, 0.15) is 12.0 Å². The summed E-state index contributed by atoms with van der Waals surface area (Å²) < 4.78 is 26.6. The number of carbonyl (C=O) groups excluding carboxylic acids is 1. The quantitative estimate of drug-likeness (QED) is 0.898. The molecule has 2 N–H and O–H groups in total. The Balaban J connectivity index is 1.94. The van der Waals surface area contributed by atoms with Gasteiger partial charge in [-0.05, 0) is 37.5 Å². The molecule has 5 heteroatoms. The standard InChI is InChI=1S/C15H20F2N2O/c1-10(5-6-11-3-2-4-12(16)7-11)19-9-13(17)8-14(19)15(18)20/h2-4,7,10,13-14H,5-6,8-9H2,1H3,(H2,18,20)/t10-,13-,14+/m1/s1. The normalized spacial score (nSPS) is 24.8. The second-order valence-corrected chi connectivity index (χ2v) is 5.47. The number of halogens is 2. The highest BCUT2D eigenvalue weighted by Crippen LogP contribution is 2.24. The van der Waals surface area contributed by atoms with Gasteiger partial charge in [-0.2, -0.15) is 0 Å². The van der Waals surface area contributed by atoms with Crippen LogP contribution in [0.15, 0.2) is 24.3 Å². The third-order valence-corrected chi connectivity index (χ3v) is 3.92. The van der Waals surface area contributed by atoms with E-state index in [4.69, 9.17) is 5.73 Å². The molecule has 1 saturated heterocycles. The molecule has 0 aliphatic carbocycles. The van der Waals surface area contributed by atoms with Gasteiger partial charge in [-0.1, -0.05) is 12.1 Å². The maximum Gasteiger partial charge on any atom is 0.234 e. The average molecular weight is 282 g/mol. The highest BCUT2D eigenvalue weighted by atomic mass is 19.1. The molecule has 1 aliphatic heterocycles. The van der Waals surface area contributed by atoms with E-state index in [1.807, 2.05) is 17.9 Å². The van der Waals surface area contributed by atoms with Crippen LogP contribution in [0, 0.1) is 5.82 Å². The summed E-state index contributed by atoms with van der Waals surface area (Å²) in [7, 11) is 0. The van der Waals surface area contributed by atoms with Crippen LogP contribution in [0.25, 0.3) is 0 Å². The molecule has 0 spiro atoms. The highest BCUT2D eigenvalue weighted by molar-refractivity contribution is 5.80. The number of alkyl halides is 1. The predicted molar refractivity (Wildman–Crippen MR) is 73.4 cm³/mol. The number of carbonyl (C=O) groups is 1. The number of nitrogens with two attached hydrogens (primary N) is 1. The summed E-state index contributed by atoms with van der Waals surface area (Å²) in [6.45, 7) is 2.20. The van der Waals surface area contributed by atoms with E-state index in [0.29, 0.717) is 6.42 Å². The van der Waals surface area contributed by atoms with E-state index in [9.17, 15) is 13.6 Å². The lowest BCUT2D eigenvalue weighted by molar-refractivity contribution is -0.122. The molecule has 1 heterocycles. The SMILES string of the molecule is C[C@H](CCc1cccc(F)c1)N1C[C@H](F)C[C@H]1C(N)=O. The molecule has 0 aromatic heterocycles. The van der Waals surface area contributed by atoms with E-state index >= 15 is 0 Å². The zero-order valence-corrected chi connectivity index (χ0v) is 11.6. The Morgan fingerprint density at radius 1 is 1.55 bits per heavy atom. The van der Waals surface area contributed by atoms with Gasteiger partial charge in [0.15, 0.2) is 0 Å². The number of nitrogens with zero attached hydrogens (tertiary/aromatic N) is 1. The first-order valence-corrected chi connectivity index (χ1v) is 6.91. The van der Waals surface area contributed by atoms with Gasteiger partial charge >= 0.3 is 0 Å². The fraction of sp³-hybridized carbons (Fsp3) is 0.533. The molecule has 0 saturated carbocycles. The topological polar surface area (TPSA) is 46.3 Å². The van der Waals surface area contributed by atoms with Crippen molar-refractivity contribution in [2.24, 2.45) is 5.73 Å². The van der Waals surface area contributed by atoms with Crippen LogP contribution in [0.5, 0.6) is 0 Å². The number of aryl methyl sites for hydroxylation is 1. The van der Waals surface area contributed by atoms with Crippen LogP contribution in [0.3, 0.4) is 0 Å². The molecule has 20 heavy (non-hydrogen) atoms. The first-order valence-electron chi connectivity index (χ1n) is 6.91. The minimum Gasteiger partial charge on any atom is -0.368 e. The summed E-state index contributed by atoms with van der Waals surface area (Å²) >= 11 is 0. The number of rotatable bonds is 5. The average Bonchev–Trinajstić information content (AvgIpc) is 2.78. The van der Waals surface area contributed by atoms with Crippen molar-refractivity contribution in [3.63, 3.8) is 0 Å². The Morgan fingerprint density at radius 3 is 2.95 bits per heavy atom. The van der Waals surface area contributed by atoms with Crippen molar-refractivity contribution in [2.75, 3.05) is 6.54 Å². The van der Waals surface area contributed by atoms with Gasteiger partial charge in [0, 0.05) is 19.0 Å². The maximum absolute atomic E-state index is 13.5. The number of amides is 1. The third-order valence-electron chi connectivity index (χ3n) is 3.92. The third kappa shape index (κ3) is 3.54. The number of hydrogen-bond acceptors (Lipinski definition) is 2. The second-order valence-electron chi connectivity index (χ2n) is 5.47. The van der Waals surface area contributed by atoms with E-state index in [0.717, 1.165) is 12.0 Å². The van der Waals surface area contributed by atoms with Crippen LogP contribution in [0.1, 0.15) is 25.3 Å². The van der Waals surface area contributed by atoms with Crippen molar-refractivity contribution >= 4 is 5.91 Å². The van der Waals surface area contributed by atoms with Crippen LogP contribution in [0.4, 0.5) is 8.78 Å². The molecular weight excluding hydrogens is 262 g/mol. The monoisotopic (exact) mass is 282 g/mol. The molecular formula is C15H20F2N2O. The van der Waals surface area contributed by atoms with Crippen LogP contribution in [-0.2, 0) is 11.2 Å². The lowest BCUT2D eigenvalue weighted by Gasteiger charge is -2.28. The molecule has 1 fully saturated rings. The number of likely N-dealkylation sites (tertiary alicyclic amines) is 1. The minimum atomic E-state index is -0.996. The van der Waals surface area contributed by atoms with Gasteiger partial charge in [-0.25, -0.2) is 8.78 Å². The predicted octanol–water partition coefficient (Wildman–Crippen LogP) is 2.04. The lowest BCUT2D eigenvalue weighted by Crippen LogP contribution is -2.45. The van der Waals surface area contributed by atoms with Crippen LogP contribution in [0.2, 0.25) is 0 Å². The van der Waals surface area contributed by atoms with Gasteiger partial charge in [0.25, 0.3) is 0 Å². The first-order chi connectivity index (χ1) is 9.47. The molecule has 1 amide bonds. The number of benzene rings is 1. The lowest BCUT2D eigenvalue weighted by atomic mass is 10.0. The van der Waals surface area contributed by atoms with Crippen molar-refractivity contribution < 1.29 is 13.6 Å². The Labute approximate surface area is 117 Å². The number of primary amides is 1. The van der Waals surface area contributed by atoms with Crippen LogP contribution in [-0.4, -0.2) is 35.6 Å². The smallest absolute Gasteiger partial charge is 0.234 e. The Kier molecular flexibility index (Phi) is 4.70. The van der Waals surface area contributed by atoms with Gasteiger partial charge in [-0.3, -0.25) is 9.69 Å². The minimum absolute atomic E-state index is 0.0384. The van der Waals surface area contributed by atoms with Crippen LogP contribution < -0.4 is 5.73 Å². The van der Waals surface area contributed by atoms with E-state index in [-0.39, 0.29) is 24.8 Å². The van der Waals surface area contributed by atoms with E-state index in [1.54, 1.807) is 6.07 Å². The zero-order chi connectivity index (χ0) is 14.7. The summed E-state index contributed by atoms with van der Waals surface area (Å²) in [5.41, 5.74) is 6.22. The summed E-state index contributed by atoms with van der Waals surface area (Å²) in [6.07, 6.45) is 0.612. The zero-order valence-electron chi connectivity index (χ0n) is 11.6. The Morgan fingerprint density at radius 2 is 2.30 bits per heavy atom. The van der Waals surface area contributed by atoms with E-state index in [1.165, 1.54) is 12.1 Å². The van der Waals surface area contributed by atoms with Crippen molar-refractivity contribution in [3.8, 4) is 0 Å². The molecule has 0 bridgehead atoms. The van der Waals surface area contributed by atoms with Gasteiger partial charge < -0.3 is 5.73 Å². The van der Waals surface area contributed by atoms with Crippen molar-refractivity contribution in [2.45, 2.75) is 44.4 Å². The largest absolute Gasteiger partial charge is 0.368 e. The molecule has 1 aromatic carbocycles. The molecule has 1 aliphatic rings. The second kappa shape index (κ2) is 6.31. The van der Waals surface area contributed by atoms with E-state index in [2.05, 4.69) is 0 Å². The maximum atomic E-state index is 13.5. The molecule has 0 radical (unpaired) electrons. The molecule has 1 aromatic rings. The Bertz CT molecular complexity index is 481. The summed E-state index contributed by atoms with van der Waals surface area (Å²) in [4.78, 5) is 13.2. The Hall–Kier alpha value is -1.49. The van der Waals surface area contributed by atoms with Crippen LogP contribution >= 0.6 is 0 Å². The van der Waals surface area contributed by atoms with Gasteiger partial charge in [0.05, 0.1) is 6.04 Å². The fourth-order valence-corrected chi connectivity index (χ4v) is 2.81. The van der Waals surface area contributed by atoms with E-state index < -0.39 is 18.1 Å². The van der Waals surface area contributed by atoms with Crippen molar-refractivity contribution in [3.05, 3.63) is 35.6 Å². The first kappa shape index (κ1) is 14.9.